The fourth-order valence-electron chi connectivity index (χ4n) is 2.74. The Hall–Kier alpha value is -2.78. The summed E-state index contributed by atoms with van der Waals surface area (Å²) < 4.78 is 6.78. The second-order valence-corrected chi connectivity index (χ2v) is 8.48. The number of nitrogens with one attached hydrogen (secondary N) is 2. The van der Waals surface area contributed by atoms with Gasteiger partial charge in [-0.25, -0.2) is 4.98 Å². The molecule has 0 unspecified atom stereocenters. The summed E-state index contributed by atoms with van der Waals surface area (Å²) in [4.78, 5) is 29.3. The molecule has 3 rings (SSSR count). The lowest BCUT2D eigenvalue weighted by atomic mass is 10.1. The number of aromatic nitrogens is 3. The smallest absolute Gasteiger partial charge is 0.238 e. The Kier molecular flexibility index (Phi) is 7.17. The van der Waals surface area contributed by atoms with E-state index in [1.807, 2.05) is 29.9 Å². The molecule has 158 valence electrons. The van der Waals surface area contributed by atoms with E-state index < -0.39 is 11.3 Å². The Balaban J connectivity index is 1.61. The van der Waals surface area contributed by atoms with Crippen molar-refractivity contribution in [3.05, 3.63) is 64.9 Å². The van der Waals surface area contributed by atoms with Crippen molar-refractivity contribution in [2.75, 3.05) is 11.1 Å². The maximum Gasteiger partial charge on any atom is 0.238 e. The first-order valence-corrected chi connectivity index (χ1v) is 10.6. The molecule has 1 aromatic carbocycles. The number of halogens is 1. The standard InChI is InChI=1S/C20H22ClN5O3S/c1-12-10-16(25-29-12)23-20(28)13(2)30-11-17(27)24-18(19-22-8-9-26(19)3)14-4-6-15(21)7-5-14/h4-10,13,18H,11H2,1-3H3,(H,24,27)(H,23,25,28)/t13-,18+/m0/s1. The third-order valence-corrected chi connectivity index (χ3v) is 5.73. The molecule has 0 spiro atoms. The lowest BCUT2D eigenvalue weighted by Crippen LogP contribution is -2.33. The van der Waals surface area contributed by atoms with Crippen molar-refractivity contribution in [1.29, 1.82) is 0 Å². The Morgan fingerprint density at radius 2 is 2.03 bits per heavy atom. The first kappa shape index (κ1) is 21.9. The first-order chi connectivity index (χ1) is 14.3. The summed E-state index contributed by atoms with van der Waals surface area (Å²) in [7, 11) is 1.87. The molecular weight excluding hydrogens is 426 g/mol. The number of benzene rings is 1. The molecule has 10 heteroatoms. The van der Waals surface area contributed by atoms with Gasteiger partial charge in [0.15, 0.2) is 5.82 Å². The van der Waals surface area contributed by atoms with Crippen LogP contribution in [-0.4, -0.2) is 37.5 Å². The van der Waals surface area contributed by atoms with E-state index >= 15 is 0 Å². The van der Waals surface area contributed by atoms with Crippen LogP contribution < -0.4 is 10.6 Å². The molecule has 0 bridgehead atoms. The summed E-state index contributed by atoms with van der Waals surface area (Å²) in [5.74, 6) is 1.31. The maximum atomic E-state index is 12.6. The van der Waals surface area contributed by atoms with Gasteiger partial charge in [0, 0.05) is 30.5 Å². The molecule has 0 aliphatic heterocycles. The van der Waals surface area contributed by atoms with E-state index in [9.17, 15) is 9.59 Å². The average Bonchev–Trinajstić information content (AvgIpc) is 3.32. The zero-order valence-corrected chi connectivity index (χ0v) is 18.3. The van der Waals surface area contributed by atoms with Gasteiger partial charge in [-0.15, -0.1) is 11.8 Å². The van der Waals surface area contributed by atoms with Gasteiger partial charge in [0.1, 0.15) is 17.6 Å². The molecular formula is C20H22ClN5O3S. The van der Waals surface area contributed by atoms with E-state index in [4.69, 9.17) is 16.1 Å². The predicted octanol–water partition coefficient (Wildman–Crippen LogP) is 3.34. The second-order valence-electron chi connectivity index (χ2n) is 6.71. The Morgan fingerprint density at radius 3 is 2.63 bits per heavy atom. The summed E-state index contributed by atoms with van der Waals surface area (Å²) in [6.07, 6.45) is 3.49. The number of thioether (sulfide) groups is 1. The van der Waals surface area contributed by atoms with Crippen LogP contribution >= 0.6 is 23.4 Å². The highest BCUT2D eigenvalue weighted by atomic mass is 35.5. The number of hydrogen-bond donors (Lipinski definition) is 2. The van der Waals surface area contributed by atoms with Crippen LogP contribution in [-0.2, 0) is 16.6 Å². The van der Waals surface area contributed by atoms with Gasteiger partial charge in [0.2, 0.25) is 11.8 Å². The van der Waals surface area contributed by atoms with Crippen LogP contribution in [0.5, 0.6) is 0 Å². The minimum Gasteiger partial charge on any atom is -0.360 e. The van der Waals surface area contributed by atoms with Gasteiger partial charge in [0.25, 0.3) is 0 Å². The van der Waals surface area contributed by atoms with E-state index in [1.54, 1.807) is 38.2 Å². The molecule has 3 aromatic rings. The lowest BCUT2D eigenvalue weighted by Gasteiger charge is -2.19. The van der Waals surface area contributed by atoms with E-state index in [2.05, 4.69) is 20.8 Å². The number of rotatable bonds is 8. The van der Waals surface area contributed by atoms with E-state index in [0.717, 1.165) is 5.56 Å². The topological polar surface area (TPSA) is 102 Å². The molecule has 2 amide bonds. The van der Waals surface area contributed by atoms with Crippen LogP contribution in [0.25, 0.3) is 0 Å². The van der Waals surface area contributed by atoms with Crippen molar-refractivity contribution in [2.24, 2.45) is 7.05 Å². The number of carbonyl (C=O) groups is 2. The molecule has 2 heterocycles. The van der Waals surface area contributed by atoms with Gasteiger partial charge in [-0.1, -0.05) is 28.9 Å². The summed E-state index contributed by atoms with van der Waals surface area (Å²) >= 11 is 7.22. The third-order valence-electron chi connectivity index (χ3n) is 4.34. The summed E-state index contributed by atoms with van der Waals surface area (Å²) in [6.45, 7) is 3.47. The zero-order chi connectivity index (χ0) is 21.7. The molecule has 30 heavy (non-hydrogen) atoms. The molecule has 2 N–H and O–H groups in total. The summed E-state index contributed by atoms with van der Waals surface area (Å²) in [6, 6.07) is 8.44. The fraction of sp³-hybridized carbons (Fsp3) is 0.300. The highest BCUT2D eigenvalue weighted by Gasteiger charge is 2.22. The van der Waals surface area contributed by atoms with Crippen LogP contribution in [0.4, 0.5) is 5.82 Å². The van der Waals surface area contributed by atoms with Gasteiger partial charge in [-0.05, 0) is 31.5 Å². The van der Waals surface area contributed by atoms with Crippen LogP contribution in [0.2, 0.25) is 5.02 Å². The van der Waals surface area contributed by atoms with Crippen molar-refractivity contribution >= 4 is 41.0 Å². The van der Waals surface area contributed by atoms with Crippen LogP contribution in [0.3, 0.4) is 0 Å². The minimum absolute atomic E-state index is 0.112. The van der Waals surface area contributed by atoms with E-state index in [-0.39, 0.29) is 17.6 Å². The van der Waals surface area contributed by atoms with Crippen molar-refractivity contribution in [1.82, 2.24) is 20.0 Å². The van der Waals surface area contributed by atoms with Crippen molar-refractivity contribution in [2.45, 2.75) is 25.1 Å². The third kappa shape index (κ3) is 5.64. The lowest BCUT2D eigenvalue weighted by molar-refractivity contribution is -0.119. The highest BCUT2D eigenvalue weighted by Crippen LogP contribution is 2.23. The first-order valence-electron chi connectivity index (χ1n) is 9.21. The normalized spacial score (nSPS) is 12.9. The van der Waals surface area contributed by atoms with Gasteiger partial charge in [0.05, 0.1) is 11.0 Å². The molecule has 0 saturated heterocycles. The van der Waals surface area contributed by atoms with Crippen LogP contribution in [0.1, 0.15) is 30.1 Å². The SMILES string of the molecule is Cc1cc(NC(=O)[C@H](C)SCC(=O)N[C@H](c2ccc(Cl)cc2)c2nccn2C)no1. The molecule has 0 aliphatic rings. The number of imidazole rings is 1. The largest absolute Gasteiger partial charge is 0.360 e. The Morgan fingerprint density at radius 1 is 1.30 bits per heavy atom. The fourth-order valence-corrected chi connectivity index (χ4v) is 3.56. The average molecular weight is 448 g/mol. The Labute approximate surface area is 183 Å². The molecule has 2 atom stereocenters. The number of anilines is 1. The van der Waals surface area contributed by atoms with Gasteiger partial charge >= 0.3 is 0 Å². The molecule has 0 radical (unpaired) electrons. The molecule has 8 nitrogen and oxygen atoms in total. The van der Waals surface area contributed by atoms with E-state index in [1.165, 1.54) is 11.8 Å². The molecule has 2 aromatic heterocycles. The maximum absolute atomic E-state index is 12.6. The minimum atomic E-state index is -0.449. The Bertz CT molecular complexity index is 1020. The summed E-state index contributed by atoms with van der Waals surface area (Å²) in [5.41, 5.74) is 0.860. The van der Waals surface area contributed by atoms with Crippen molar-refractivity contribution < 1.29 is 14.1 Å². The monoisotopic (exact) mass is 447 g/mol. The van der Waals surface area contributed by atoms with Gasteiger partial charge in [-0.3, -0.25) is 9.59 Å². The number of carbonyl (C=O) groups excluding carboxylic acids is 2. The number of hydrogen-bond acceptors (Lipinski definition) is 6. The highest BCUT2D eigenvalue weighted by molar-refractivity contribution is 8.01. The van der Waals surface area contributed by atoms with Crippen LogP contribution in [0.15, 0.2) is 47.2 Å². The molecule has 0 saturated carbocycles. The van der Waals surface area contributed by atoms with Gasteiger partial charge in [-0.2, -0.15) is 0 Å². The zero-order valence-electron chi connectivity index (χ0n) is 16.8. The molecule has 0 fully saturated rings. The van der Waals surface area contributed by atoms with Crippen molar-refractivity contribution in [3.8, 4) is 0 Å². The molecule has 0 aliphatic carbocycles. The number of amides is 2. The number of aryl methyl sites for hydroxylation is 2. The summed E-state index contributed by atoms with van der Waals surface area (Å²) in [5, 5.41) is 9.56. The van der Waals surface area contributed by atoms with Crippen molar-refractivity contribution in [3.63, 3.8) is 0 Å². The second kappa shape index (κ2) is 9.82. The predicted molar refractivity (Wildman–Crippen MR) is 116 cm³/mol. The van der Waals surface area contributed by atoms with Gasteiger partial charge < -0.3 is 19.7 Å². The quantitative estimate of drug-likeness (QED) is 0.549. The number of nitrogens with zero attached hydrogens (tertiary/aromatic N) is 3. The van der Waals surface area contributed by atoms with E-state index in [0.29, 0.717) is 22.4 Å². The van der Waals surface area contributed by atoms with Crippen LogP contribution in [0, 0.1) is 6.92 Å².